The van der Waals surface area contributed by atoms with Crippen LogP contribution in [0, 0.1) is 5.92 Å². The Labute approximate surface area is 153 Å². The first-order valence-corrected chi connectivity index (χ1v) is 9.88. The lowest BCUT2D eigenvalue weighted by molar-refractivity contribution is -0.141. The molecule has 0 aliphatic rings. The van der Waals surface area contributed by atoms with Crippen molar-refractivity contribution in [1.29, 1.82) is 0 Å². The first-order chi connectivity index (χ1) is 12.1. The number of aliphatic hydroxyl groups is 1. The molecule has 0 fully saturated rings. The molecule has 0 amide bonds. The van der Waals surface area contributed by atoms with Gasteiger partial charge in [-0.15, -0.1) is 0 Å². The topological polar surface area (TPSA) is 72.8 Å². The number of carbonyl (C=O) groups excluding carboxylic acids is 2. The molecule has 0 unspecified atom stereocenters. The SMILES string of the molecule is COC(=O)CCCCCCCC(CO)CCCCCCCC(=O)OC. The summed E-state index contributed by atoms with van der Waals surface area (Å²) >= 11 is 0. The third kappa shape index (κ3) is 16.1. The van der Waals surface area contributed by atoms with Gasteiger partial charge in [0, 0.05) is 19.4 Å². The first kappa shape index (κ1) is 23.9. The van der Waals surface area contributed by atoms with Crippen molar-refractivity contribution in [1.82, 2.24) is 0 Å². The zero-order valence-corrected chi connectivity index (χ0v) is 16.3. The maximum absolute atomic E-state index is 11.0. The van der Waals surface area contributed by atoms with Crippen LogP contribution in [0.5, 0.6) is 0 Å². The van der Waals surface area contributed by atoms with Crippen LogP contribution in [0.3, 0.4) is 0 Å². The fraction of sp³-hybridized carbons (Fsp3) is 0.900. The Morgan fingerprint density at radius 3 is 1.40 bits per heavy atom. The Balaban J connectivity index is 3.42. The summed E-state index contributed by atoms with van der Waals surface area (Å²) in [5, 5.41) is 9.48. The van der Waals surface area contributed by atoms with Crippen molar-refractivity contribution in [2.75, 3.05) is 20.8 Å². The maximum atomic E-state index is 11.0. The van der Waals surface area contributed by atoms with Crippen molar-refractivity contribution in [2.45, 2.75) is 89.9 Å². The normalized spacial score (nSPS) is 10.9. The highest BCUT2D eigenvalue weighted by Gasteiger charge is 2.07. The minimum absolute atomic E-state index is 0.120. The molecule has 0 spiro atoms. The Kier molecular flexibility index (Phi) is 16.9. The van der Waals surface area contributed by atoms with Gasteiger partial charge in [0.2, 0.25) is 0 Å². The number of hydrogen-bond donors (Lipinski definition) is 1. The van der Waals surface area contributed by atoms with Gasteiger partial charge in [-0.3, -0.25) is 9.59 Å². The highest BCUT2D eigenvalue weighted by atomic mass is 16.5. The lowest BCUT2D eigenvalue weighted by Crippen LogP contribution is -2.06. The van der Waals surface area contributed by atoms with Crippen molar-refractivity contribution in [3.8, 4) is 0 Å². The average Bonchev–Trinajstić information content (AvgIpc) is 2.63. The van der Waals surface area contributed by atoms with Crippen molar-refractivity contribution < 1.29 is 24.2 Å². The minimum atomic E-state index is -0.120. The van der Waals surface area contributed by atoms with Crippen LogP contribution < -0.4 is 0 Å². The summed E-state index contributed by atoms with van der Waals surface area (Å²) in [7, 11) is 2.86. The Morgan fingerprint density at radius 2 is 1.04 bits per heavy atom. The van der Waals surface area contributed by atoms with Gasteiger partial charge in [-0.1, -0.05) is 51.4 Å². The molecule has 0 saturated heterocycles. The third-order valence-electron chi connectivity index (χ3n) is 4.70. The zero-order chi connectivity index (χ0) is 18.8. The lowest BCUT2D eigenvalue weighted by Gasteiger charge is -2.13. The quantitative estimate of drug-likeness (QED) is 0.308. The highest BCUT2D eigenvalue weighted by Crippen LogP contribution is 2.18. The number of hydrogen-bond acceptors (Lipinski definition) is 5. The van der Waals surface area contributed by atoms with E-state index in [0.29, 0.717) is 18.8 Å². The van der Waals surface area contributed by atoms with E-state index in [9.17, 15) is 14.7 Å². The van der Waals surface area contributed by atoms with E-state index in [1.807, 2.05) is 0 Å². The molecule has 0 aliphatic heterocycles. The molecule has 0 aliphatic carbocycles. The van der Waals surface area contributed by atoms with E-state index >= 15 is 0 Å². The number of aliphatic hydroxyl groups excluding tert-OH is 1. The van der Waals surface area contributed by atoms with Crippen LogP contribution >= 0.6 is 0 Å². The van der Waals surface area contributed by atoms with Crippen LogP contribution in [0.15, 0.2) is 0 Å². The number of ether oxygens (including phenoxy) is 2. The standard InChI is InChI=1S/C20H38O5/c1-24-19(22)15-11-7-3-5-9-13-18(17-21)14-10-6-4-8-12-16-20(23)25-2/h18,21H,3-17H2,1-2H3. The second-order valence-corrected chi connectivity index (χ2v) is 6.81. The smallest absolute Gasteiger partial charge is 0.305 e. The molecule has 1 N–H and O–H groups in total. The first-order valence-electron chi connectivity index (χ1n) is 9.88. The summed E-state index contributed by atoms with van der Waals surface area (Å²) in [6.07, 6.45) is 14.1. The van der Waals surface area contributed by atoms with Gasteiger partial charge in [0.05, 0.1) is 14.2 Å². The zero-order valence-electron chi connectivity index (χ0n) is 16.3. The average molecular weight is 359 g/mol. The highest BCUT2D eigenvalue weighted by molar-refractivity contribution is 5.69. The van der Waals surface area contributed by atoms with Crippen LogP contribution in [-0.2, 0) is 19.1 Å². The van der Waals surface area contributed by atoms with Crippen LogP contribution in [0.25, 0.3) is 0 Å². The predicted octanol–water partition coefficient (Wildman–Crippen LogP) is 4.40. The molecule has 148 valence electrons. The Bertz CT molecular complexity index is 300. The van der Waals surface area contributed by atoms with Gasteiger partial charge in [0.1, 0.15) is 0 Å². The molecule has 25 heavy (non-hydrogen) atoms. The van der Waals surface area contributed by atoms with Gasteiger partial charge in [-0.25, -0.2) is 0 Å². The summed E-state index contributed by atoms with van der Waals surface area (Å²) in [5.41, 5.74) is 0. The van der Waals surface area contributed by atoms with Gasteiger partial charge in [-0.2, -0.15) is 0 Å². The van der Waals surface area contributed by atoms with E-state index in [2.05, 4.69) is 9.47 Å². The molecule has 0 aromatic rings. The Morgan fingerprint density at radius 1 is 0.680 bits per heavy atom. The summed E-state index contributed by atoms with van der Waals surface area (Å²) in [4.78, 5) is 22.0. The van der Waals surface area contributed by atoms with E-state index in [1.54, 1.807) is 0 Å². The number of carbonyl (C=O) groups is 2. The molecule has 0 saturated carbocycles. The van der Waals surface area contributed by atoms with Gasteiger partial charge in [0.25, 0.3) is 0 Å². The van der Waals surface area contributed by atoms with Crippen molar-refractivity contribution >= 4 is 11.9 Å². The number of esters is 2. The second-order valence-electron chi connectivity index (χ2n) is 6.81. The minimum Gasteiger partial charge on any atom is -0.469 e. The molecule has 0 rings (SSSR count). The van der Waals surface area contributed by atoms with Crippen molar-refractivity contribution in [3.05, 3.63) is 0 Å². The summed E-state index contributed by atoms with van der Waals surface area (Å²) in [5.74, 6) is 0.182. The van der Waals surface area contributed by atoms with E-state index in [-0.39, 0.29) is 18.5 Å². The molecule has 0 heterocycles. The van der Waals surface area contributed by atoms with E-state index in [0.717, 1.165) is 64.2 Å². The molecule has 0 bridgehead atoms. The fourth-order valence-electron chi connectivity index (χ4n) is 3.00. The number of rotatable bonds is 17. The van der Waals surface area contributed by atoms with Crippen LogP contribution in [-0.4, -0.2) is 37.9 Å². The van der Waals surface area contributed by atoms with Crippen LogP contribution in [0.2, 0.25) is 0 Å². The maximum Gasteiger partial charge on any atom is 0.305 e. The monoisotopic (exact) mass is 358 g/mol. The van der Waals surface area contributed by atoms with E-state index in [4.69, 9.17) is 0 Å². The van der Waals surface area contributed by atoms with Crippen LogP contribution in [0.4, 0.5) is 0 Å². The molecular formula is C20H38O5. The van der Waals surface area contributed by atoms with Gasteiger partial charge in [0.15, 0.2) is 0 Å². The summed E-state index contributed by atoms with van der Waals surface area (Å²) < 4.78 is 9.24. The second kappa shape index (κ2) is 17.7. The van der Waals surface area contributed by atoms with Crippen molar-refractivity contribution in [3.63, 3.8) is 0 Å². The molecule has 0 aromatic carbocycles. The predicted molar refractivity (Wildman–Crippen MR) is 99.2 cm³/mol. The third-order valence-corrected chi connectivity index (χ3v) is 4.70. The van der Waals surface area contributed by atoms with E-state index in [1.165, 1.54) is 27.1 Å². The largest absolute Gasteiger partial charge is 0.469 e. The number of methoxy groups -OCH3 is 2. The molecule has 5 heteroatoms. The molecular weight excluding hydrogens is 320 g/mol. The van der Waals surface area contributed by atoms with Gasteiger partial charge < -0.3 is 14.6 Å². The van der Waals surface area contributed by atoms with Crippen molar-refractivity contribution in [2.24, 2.45) is 5.92 Å². The summed E-state index contributed by atoms with van der Waals surface area (Å²) in [6.45, 7) is 0.282. The summed E-state index contributed by atoms with van der Waals surface area (Å²) in [6, 6.07) is 0. The molecule has 0 radical (unpaired) electrons. The molecule has 5 nitrogen and oxygen atoms in total. The van der Waals surface area contributed by atoms with Crippen LogP contribution in [0.1, 0.15) is 89.9 Å². The number of unbranched alkanes of at least 4 members (excludes halogenated alkanes) is 8. The van der Waals surface area contributed by atoms with E-state index < -0.39 is 0 Å². The fourth-order valence-corrected chi connectivity index (χ4v) is 3.00. The molecule has 0 atom stereocenters. The van der Waals surface area contributed by atoms with Gasteiger partial charge in [-0.05, 0) is 31.6 Å². The Hall–Kier alpha value is -1.10. The lowest BCUT2D eigenvalue weighted by atomic mass is 9.95. The molecule has 0 aromatic heterocycles. The van der Waals surface area contributed by atoms with Gasteiger partial charge >= 0.3 is 11.9 Å².